The van der Waals surface area contributed by atoms with E-state index in [0.717, 1.165) is 12.8 Å². The van der Waals surface area contributed by atoms with Gasteiger partial charge in [0.25, 0.3) is 0 Å². The average molecular weight is 413 g/mol. The van der Waals surface area contributed by atoms with Crippen LogP contribution in [0.2, 0.25) is 0 Å². The van der Waals surface area contributed by atoms with Gasteiger partial charge in [0.15, 0.2) is 11.3 Å². The van der Waals surface area contributed by atoms with E-state index in [0.29, 0.717) is 28.2 Å². The van der Waals surface area contributed by atoms with E-state index in [1.807, 2.05) is 0 Å². The van der Waals surface area contributed by atoms with Crippen LogP contribution >= 0.6 is 15.9 Å². The minimum absolute atomic E-state index is 0.0917. The van der Waals surface area contributed by atoms with Crippen LogP contribution in [0.5, 0.6) is 0 Å². The molecule has 0 aliphatic heterocycles. The minimum atomic E-state index is -0.609. The highest BCUT2D eigenvalue weighted by atomic mass is 79.9. The molecule has 25 heavy (non-hydrogen) atoms. The molecule has 6 heteroatoms. The molecule has 1 aliphatic rings. The van der Waals surface area contributed by atoms with Crippen LogP contribution in [-0.2, 0) is 19.1 Å². The van der Waals surface area contributed by atoms with Gasteiger partial charge < -0.3 is 13.9 Å². The van der Waals surface area contributed by atoms with Crippen molar-refractivity contribution in [3.63, 3.8) is 0 Å². The van der Waals surface area contributed by atoms with E-state index in [9.17, 15) is 9.59 Å². The van der Waals surface area contributed by atoms with Crippen molar-refractivity contribution in [3.05, 3.63) is 28.6 Å². The van der Waals surface area contributed by atoms with Crippen molar-refractivity contribution in [3.8, 4) is 0 Å². The predicted octanol–water partition coefficient (Wildman–Crippen LogP) is 4.60. The second-order valence-electron chi connectivity index (χ2n) is 6.94. The second-order valence-corrected chi connectivity index (χ2v) is 7.72. The van der Waals surface area contributed by atoms with Gasteiger partial charge in [-0.25, -0.2) is 9.59 Å². The molecule has 0 unspecified atom stereocenters. The Morgan fingerprint density at radius 3 is 2.76 bits per heavy atom. The molecule has 0 spiro atoms. The third-order valence-electron chi connectivity index (χ3n) is 4.55. The Bertz CT molecular complexity index is 619. The van der Waals surface area contributed by atoms with Gasteiger partial charge in [-0.3, -0.25) is 0 Å². The highest BCUT2D eigenvalue weighted by molar-refractivity contribution is 9.10. The summed E-state index contributed by atoms with van der Waals surface area (Å²) in [7, 11) is 0. The first kappa shape index (κ1) is 19.8. The fraction of sp³-hybridized carbons (Fsp3) is 0.579. The Balaban J connectivity index is 1.79. The first-order valence-electron chi connectivity index (χ1n) is 8.64. The fourth-order valence-corrected chi connectivity index (χ4v) is 3.52. The van der Waals surface area contributed by atoms with Crippen molar-refractivity contribution in [1.29, 1.82) is 0 Å². The lowest BCUT2D eigenvalue weighted by Crippen LogP contribution is -2.36. The lowest BCUT2D eigenvalue weighted by atomic mass is 9.75. The molecule has 1 heterocycles. The number of carbonyl (C=O) groups is 2. The first-order chi connectivity index (χ1) is 11.8. The zero-order valence-corrected chi connectivity index (χ0v) is 16.5. The van der Waals surface area contributed by atoms with Crippen LogP contribution in [0.1, 0.15) is 45.8 Å². The topological polar surface area (TPSA) is 65.7 Å². The predicted molar refractivity (Wildman–Crippen MR) is 97.6 cm³/mol. The fourth-order valence-electron chi connectivity index (χ4n) is 3.20. The third kappa shape index (κ3) is 6.34. The normalized spacial score (nSPS) is 23.8. The molecule has 1 aromatic heterocycles. The SMILES string of the molecule is CC(C)[C@H]1CC[C@H](C)C[C@@H]1OC(=O)COC(=O)/C=C/c1ccc(Br)o1. The summed E-state index contributed by atoms with van der Waals surface area (Å²) >= 11 is 3.18. The number of furan rings is 1. The first-order valence-corrected chi connectivity index (χ1v) is 9.44. The van der Waals surface area contributed by atoms with Crippen LogP contribution in [0.4, 0.5) is 0 Å². The maximum absolute atomic E-state index is 12.0. The number of carbonyl (C=O) groups excluding carboxylic acids is 2. The van der Waals surface area contributed by atoms with Crippen LogP contribution in [0.25, 0.3) is 6.08 Å². The van der Waals surface area contributed by atoms with Gasteiger partial charge in [0.2, 0.25) is 0 Å². The van der Waals surface area contributed by atoms with Crippen molar-refractivity contribution in [2.45, 2.75) is 46.1 Å². The summed E-state index contributed by atoms with van der Waals surface area (Å²) in [5.74, 6) is 0.791. The van der Waals surface area contributed by atoms with Gasteiger partial charge in [0.05, 0.1) is 0 Å². The Labute approximate surface area is 156 Å². The Morgan fingerprint density at radius 2 is 2.12 bits per heavy atom. The second kappa shape index (κ2) is 9.22. The Kier molecular flexibility index (Phi) is 7.29. The zero-order valence-electron chi connectivity index (χ0n) is 14.9. The molecule has 138 valence electrons. The zero-order chi connectivity index (χ0) is 18.4. The molecular weight excluding hydrogens is 388 g/mol. The summed E-state index contributed by atoms with van der Waals surface area (Å²) in [6.45, 7) is 6.11. The summed E-state index contributed by atoms with van der Waals surface area (Å²) in [6, 6.07) is 3.43. The van der Waals surface area contributed by atoms with Gasteiger partial charge in [0.1, 0.15) is 11.9 Å². The number of esters is 2. The van der Waals surface area contributed by atoms with Crippen molar-refractivity contribution in [2.24, 2.45) is 17.8 Å². The molecule has 3 atom stereocenters. The van der Waals surface area contributed by atoms with Crippen LogP contribution in [-0.4, -0.2) is 24.6 Å². The van der Waals surface area contributed by atoms with Crippen LogP contribution in [0.3, 0.4) is 0 Å². The van der Waals surface area contributed by atoms with E-state index < -0.39 is 11.9 Å². The maximum atomic E-state index is 12.0. The van der Waals surface area contributed by atoms with Crippen molar-refractivity contribution in [1.82, 2.24) is 0 Å². The monoisotopic (exact) mass is 412 g/mol. The molecule has 0 radical (unpaired) electrons. The van der Waals surface area contributed by atoms with Crippen molar-refractivity contribution < 1.29 is 23.5 Å². The van der Waals surface area contributed by atoms with Crippen molar-refractivity contribution in [2.75, 3.05) is 6.61 Å². The number of rotatable bonds is 6. The highest BCUT2D eigenvalue weighted by Crippen LogP contribution is 2.35. The summed E-state index contributed by atoms with van der Waals surface area (Å²) in [4.78, 5) is 23.7. The van der Waals surface area contributed by atoms with E-state index >= 15 is 0 Å². The maximum Gasteiger partial charge on any atom is 0.344 e. The molecule has 2 rings (SSSR count). The lowest BCUT2D eigenvalue weighted by molar-refractivity contribution is -0.165. The number of hydrogen-bond donors (Lipinski definition) is 0. The molecule has 0 amide bonds. The molecule has 1 aliphatic carbocycles. The van der Waals surface area contributed by atoms with Gasteiger partial charge >= 0.3 is 11.9 Å². The number of halogens is 1. The quantitative estimate of drug-likeness (QED) is 0.504. The molecule has 0 bridgehead atoms. The summed E-state index contributed by atoms with van der Waals surface area (Å²) in [5, 5.41) is 0. The van der Waals surface area contributed by atoms with Crippen LogP contribution in [0.15, 0.2) is 27.3 Å². The molecule has 0 aromatic carbocycles. The van der Waals surface area contributed by atoms with Gasteiger partial charge in [-0.2, -0.15) is 0 Å². The summed E-state index contributed by atoms with van der Waals surface area (Å²) in [5.41, 5.74) is 0. The standard InChI is InChI=1S/C19H25BrO5/c1-12(2)15-7-4-13(3)10-16(15)25-19(22)11-23-18(21)9-6-14-5-8-17(20)24-14/h5-6,8-9,12-13,15-16H,4,7,10-11H2,1-3H3/b9-6+/t13-,15+,16-/m0/s1. The van der Waals surface area contributed by atoms with Gasteiger partial charge in [-0.05, 0) is 64.7 Å². The number of ether oxygens (including phenoxy) is 2. The number of hydrogen-bond acceptors (Lipinski definition) is 5. The smallest absolute Gasteiger partial charge is 0.344 e. The molecular formula is C19H25BrO5. The molecule has 1 fully saturated rings. The molecule has 1 saturated carbocycles. The summed E-state index contributed by atoms with van der Waals surface area (Å²) < 4.78 is 16.3. The van der Waals surface area contributed by atoms with Crippen molar-refractivity contribution >= 4 is 33.9 Å². The lowest BCUT2D eigenvalue weighted by Gasteiger charge is -2.36. The third-order valence-corrected chi connectivity index (χ3v) is 4.98. The minimum Gasteiger partial charge on any atom is -0.460 e. The van der Waals surface area contributed by atoms with Gasteiger partial charge in [0, 0.05) is 6.08 Å². The molecule has 1 aromatic rings. The van der Waals surface area contributed by atoms with E-state index in [1.54, 1.807) is 12.1 Å². The van der Waals surface area contributed by atoms with E-state index in [4.69, 9.17) is 13.9 Å². The Hall–Kier alpha value is -1.56. The van der Waals surface area contributed by atoms with Crippen LogP contribution in [0, 0.1) is 17.8 Å². The summed E-state index contributed by atoms with van der Waals surface area (Å²) in [6.07, 6.45) is 5.72. The van der Waals surface area contributed by atoms with E-state index in [2.05, 4.69) is 36.7 Å². The van der Waals surface area contributed by atoms with Gasteiger partial charge in [-0.15, -0.1) is 0 Å². The van der Waals surface area contributed by atoms with E-state index in [-0.39, 0.29) is 12.7 Å². The van der Waals surface area contributed by atoms with Gasteiger partial charge in [-0.1, -0.05) is 27.2 Å². The van der Waals surface area contributed by atoms with Crippen LogP contribution < -0.4 is 0 Å². The molecule has 0 N–H and O–H groups in total. The molecule has 0 saturated heterocycles. The Morgan fingerprint density at radius 1 is 1.36 bits per heavy atom. The average Bonchev–Trinajstić information content (AvgIpc) is 2.96. The molecule has 5 nitrogen and oxygen atoms in total. The largest absolute Gasteiger partial charge is 0.460 e. The van der Waals surface area contributed by atoms with E-state index in [1.165, 1.54) is 18.6 Å². The highest BCUT2D eigenvalue weighted by Gasteiger charge is 2.33.